The van der Waals surface area contributed by atoms with Crippen LogP contribution in [-0.2, 0) is 7.05 Å². The lowest BCUT2D eigenvalue weighted by Crippen LogP contribution is -2.28. The SMILES string of the molecule is Cc1c(NC(=S)N/N=C\c2ccc(C(=O)O)cc2)c(=O)n(-c2ccccc2)n1C. The zero-order valence-corrected chi connectivity index (χ0v) is 16.6. The van der Waals surface area contributed by atoms with Crippen molar-refractivity contribution in [1.82, 2.24) is 14.8 Å². The van der Waals surface area contributed by atoms with Crippen molar-refractivity contribution in [3.8, 4) is 5.69 Å². The molecule has 0 amide bonds. The van der Waals surface area contributed by atoms with E-state index in [1.807, 2.05) is 37.3 Å². The van der Waals surface area contributed by atoms with Gasteiger partial charge in [0, 0.05) is 7.05 Å². The summed E-state index contributed by atoms with van der Waals surface area (Å²) in [6.45, 7) is 1.82. The summed E-state index contributed by atoms with van der Waals surface area (Å²) < 4.78 is 3.30. The third-order valence-corrected chi connectivity index (χ3v) is 4.52. The van der Waals surface area contributed by atoms with E-state index in [2.05, 4.69) is 15.8 Å². The molecule has 8 nitrogen and oxygen atoms in total. The van der Waals surface area contributed by atoms with E-state index < -0.39 is 5.97 Å². The molecule has 1 heterocycles. The Hall–Kier alpha value is -3.72. The average molecular weight is 409 g/mol. The lowest BCUT2D eigenvalue weighted by molar-refractivity contribution is 0.0697. The van der Waals surface area contributed by atoms with Crippen LogP contribution < -0.4 is 16.3 Å². The molecular weight excluding hydrogens is 390 g/mol. The van der Waals surface area contributed by atoms with Gasteiger partial charge in [-0.25, -0.2) is 9.48 Å². The Balaban J connectivity index is 1.71. The van der Waals surface area contributed by atoms with Gasteiger partial charge in [-0.1, -0.05) is 30.3 Å². The summed E-state index contributed by atoms with van der Waals surface area (Å²) in [4.78, 5) is 23.7. The van der Waals surface area contributed by atoms with Crippen LogP contribution in [0.1, 0.15) is 21.6 Å². The third kappa shape index (κ3) is 4.41. The molecule has 0 aliphatic carbocycles. The molecule has 0 radical (unpaired) electrons. The van der Waals surface area contributed by atoms with Crippen LogP contribution >= 0.6 is 12.2 Å². The Morgan fingerprint density at radius 2 is 1.79 bits per heavy atom. The highest BCUT2D eigenvalue weighted by atomic mass is 32.1. The van der Waals surface area contributed by atoms with Gasteiger partial charge in [-0.05, 0) is 49.0 Å². The number of nitrogens with zero attached hydrogens (tertiary/aromatic N) is 3. The van der Waals surface area contributed by atoms with Crippen LogP contribution in [0.4, 0.5) is 5.69 Å². The summed E-state index contributed by atoms with van der Waals surface area (Å²) >= 11 is 5.22. The average Bonchev–Trinajstić information content (AvgIpc) is 2.92. The second-order valence-corrected chi connectivity index (χ2v) is 6.60. The molecule has 0 unspecified atom stereocenters. The number of thiocarbonyl (C=S) groups is 1. The molecule has 3 N–H and O–H groups in total. The van der Waals surface area contributed by atoms with Crippen LogP contribution in [-0.4, -0.2) is 31.8 Å². The van der Waals surface area contributed by atoms with Gasteiger partial charge in [-0.3, -0.25) is 14.9 Å². The monoisotopic (exact) mass is 409 g/mol. The van der Waals surface area contributed by atoms with Crippen molar-refractivity contribution in [2.24, 2.45) is 12.1 Å². The molecule has 1 aromatic heterocycles. The number of hydrogen-bond acceptors (Lipinski definition) is 4. The van der Waals surface area contributed by atoms with Crippen molar-refractivity contribution in [3.05, 3.63) is 81.8 Å². The van der Waals surface area contributed by atoms with Gasteiger partial charge in [0.2, 0.25) is 0 Å². The molecule has 3 aromatic rings. The Morgan fingerprint density at radius 1 is 1.14 bits per heavy atom. The van der Waals surface area contributed by atoms with Crippen molar-refractivity contribution in [1.29, 1.82) is 0 Å². The second kappa shape index (κ2) is 8.53. The third-order valence-electron chi connectivity index (χ3n) is 4.33. The first-order valence-corrected chi connectivity index (χ1v) is 9.06. The largest absolute Gasteiger partial charge is 0.478 e. The van der Waals surface area contributed by atoms with Crippen molar-refractivity contribution >= 4 is 35.2 Å². The second-order valence-electron chi connectivity index (χ2n) is 6.19. The summed E-state index contributed by atoms with van der Waals surface area (Å²) in [6, 6.07) is 15.5. The first kappa shape index (κ1) is 20.0. The quantitative estimate of drug-likeness (QED) is 0.340. The van der Waals surface area contributed by atoms with Gasteiger partial charge < -0.3 is 10.4 Å². The molecular formula is C20H19N5O3S. The van der Waals surface area contributed by atoms with E-state index in [4.69, 9.17) is 17.3 Å². The normalized spacial score (nSPS) is 10.8. The first-order valence-electron chi connectivity index (χ1n) is 8.66. The maximum Gasteiger partial charge on any atom is 0.335 e. The molecule has 3 rings (SSSR count). The number of aromatic carboxylic acids is 1. The van der Waals surface area contributed by atoms with E-state index in [0.717, 1.165) is 11.4 Å². The molecule has 29 heavy (non-hydrogen) atoms. The molecule has 0 aliphatic rings. The summed E-state index contributed by atoms with van der Waals surface area (Å²) in [7, 11) is 1.80. The number of benzene rings is 2. The maximum absolute atomic E-state index is 12.8. The molecule has 0 spiro atoms. The lowest BCUT2D eigenvalue weighted by atomic mass is 10.1. The number of carboxylic acids is 1. The van der Waals surface area contributed by atoms with E-state index in [-0.39, 0.29) is 16.2 Å². The van der Waals surface area contributed by atoms with Crippen molar-refractivity contribution < 1.29 is 9.90 Å². The fraction of sp³-hybridized carbons (Fsp3) is 0.100. The minimum Gasteiger partial charge on any atom is -0.478 e. The number of carboxylic acid groups (broad SMARTS) is 1. The molecule has 9 heteroatoms. The topological polar surface area (TPSA) is 101 Å². The first-order chi connectivity index (χ1) is 13.9. The van der Waals surface area contributed by atoms with Crippen LogP contribution in [0.5, 0.6) is 0 Å². The zero-order valence-electron chi connectivity index (χ0n) is 15.8. The number of aromatic nitrogens is 2. The maximum atomic E-state index is 12.8. The van der Waals surface area contributed by atoms with E-state index in [0.29, 0.717) is 11.3 Å². The fourth-order valence-corrected chi connectivity index (χ4v) is 2.89. The number of para-hydroxylation sites is 1. The molecule has 0 saturated heterocycles. The highest BCUT2D eigenvalue weighted by Crippen LogP contribution is 2.13. The van der Waals surface area contributed by atoms with E-state index in [1.54, 1.807) is 28.5 Å². The number of nitrogens with one attached hydrogen (secondary N) is 2. The van der Waals surface area contributed by atoms with Crippen molar-refractivity contribution in [2.45, 2.75) is 6.92 Å². The predicted octanol–water partition coefficient (Wildman–Crippen LogP) is 2.50. The van der Waals surface area contributed by atoms with E-state index >= 15 is 0 Å². The number of rotatable bonds is 5. The molecule has 0 bridgehead atoms. The summed E-state index contributed by atoms with van der Waals surface area (Å²) in [5.41, 5.74) is 5.15. The molecule has 0 aliphatic heterocycles. The number of hydrazone groups is 1. The van der Waals surface area contributed by atoms with Crippen LogP contribution in [0, 0.1) is 6.92 Å². The Bertz CT molecular complexity index is 1130. The standard InChI is InChI=1S/C20H19N5O3S/c1-13-17(18(26)25(24(13)2)16-6-4-3-5-7-16)22-20(29)23-21-12-14-8-10-15(11-9-14)19(27)28/h3-12H,1-2H3,(H,27,28)(H2,22,23,29)/b21-12-. The Kier molecular flexibility index (Phi) is 5.89. The van der Waals surface area contributed by atoms with Gasteiger partial charge in [0.05, 0.1) is 23.2 Å². The summed E-state index contributed by atoms with van der Waals surface area (Å²) in [5.74, 6) is -0.989. The predicted molar refractivity (Wildman–Crippen MR) is 116 cm³/mol. The fourth-order valence-electron chi connectivity index (χ4n) is 2.73. The number of hydrogen-bond donors (Lipinski definition) is 3. The highest BCUT2D eigenvalue weighted by molar-refractivity contribution is 7.80. The van der Waals surface area contributed by atoms with Crippen LogP contribution in [0.25, 0.3) is 5.69 Å². The molecule has 0 fully saturated rings. The van der Waals surface area contributed by atoms with Gasteiger partial charge >= 0.3 is 5.97 Å². The molecule has 0 atom stereocenters. The number of carbonyl (C=O) groups is 1. The minimum atomic E-state index is -0.989. The smallest absolute Gasteiger partial charge is 0.335 e. The summed E-state index contributed by atoms with van der Waals surface area (Å²) in [6.07, 6.45) is 1.50. The zero-order chi connectivity index (χ0) is 21.0. The van der Waals surface area contributed by atoms with Crippen molar-refractivity contribution in [2.75, 3.05) is 5.32 Å². The van der Waals surface area contributed by atoms with Crippen LogP contribution in [0.3, 0.4) is 0 Å². The molecule has 0 saturated carbocycles. The molecule has 148 valence electrons. The van der Waals surface area contributed by atoms with Gasteiger partial charge in [-0.15, -0.1) is 0 Å². The Labute approximate surface area is 172 Å². The highest BCUT2D eigenvalue weighted by Gasteiger charge is 2.16. The van der Waals surface area contributed by atoms with Crippen molar-refractivity contribution in [3.63, 3.8) is 0 Å². The molecule has 2 aromatic carbocycles. The summed E-state index contributed by atoms with van der Waals surface area (Å²) in [5, 5.41) is 16.0. The van der Waals surface area contributed by atoms with Gasteiger partial charge in [0.15, 0.2) is 5.11 Å². The van der Waals surface area contributed by atoms with Gasteiger partial charge in [0.25, 0.3) is 5.56 Å². The minimum absolute atomic E-state index is 0.161. The van der Waals surface area contributed by atoms with Crippen LogP contribution in [0.2, 0.25) is 0 Å². The van der Waals surface area contributed by atoms with Gasteiger partial charge in [-0.2, -0.15) is 5.10 Å². The van der Waals surface area contributed by atoms with Crippen LogP contribution in [0.15, 0.2) is 64.5 Å². The number of anilines is 1. The van der Waals surface area contributed by atoms with Gasteiger partial charge in [0.1, 0.15) is 5.69 Å². The van der Waals surface area contributed by atoms with E-state index in [9.17, 15) is 9.59 Å². The van der Waals surface area contributed by atoms with E-state index in [1.165, 1.54) is 18.3 Å². The lowest BCUT2D eigenvalue weighted by Gasteiger charge is -2.07. The Morgan fingerprint density at radius 3 is 2.41 bits per heavy atom.